The van der Waals surface area contributed by atoms with Crippen LogP contribution in [0.25, 0.3) is 0 Å². The molecule has 2 saturated heterocycles. The van der Waals surface area contributed by atoms with Crippen LogP contribution in [-0.4, -0.2) is 53.3 Å². The van der Waals surface area contributed by atoms with Gasteiger partial charge in [0.25, 0.3) is 11.8 Å². The predicted molar refractivity (Wildman–Crippen MR) is 94.0 cm³/mol. The van der Waals surface area contributed by atoms with E-state index in [0.29, 0.717) is 0 Å². The summed E-state index contributed by atoms with van der Waals surface area (Å²) in [6, 6.07) is 1.22. The molecule has 0 bridgehead atoms. The van der Waals surface area contributed by atoms with Gasteiger partial charge in [-0.1, -0.05) is 0 Å². The number of hydrogen-bond acceptors (Lipinski definition) is 5. The molecule has 3 aliphatic rings. The Kier molecular flexibility index (Phi) is 4.20. The van der Waals surface area contributed by atoms with Crippen molar-refractivity contribution in [3.05, 3.63) is 29.1 Å². The van der Waals surface area contributed by atoms with E-state index in [1.807, 2.05) is 0 Å². The maximum absolute atomic E-state index is 14.7. The normalized spacial score (nSPS) is 24.5. The Labute approximate surface area is 159 Å². The van der Waals surface area contributed by atoms with Gasteiger partial charge in [0.15, 0.2) is 0 Å². The molecule has 3 aliphatic heterocycles. The smallest absolute Gasteiger partial charge is 0.264 e. The molecule has 0 saturated carbocycles. The first-order valence-electron chi connectivity index (χ1n) is 9.17. The zero-order chi connectivity index (χ0) is 20.2. The fraction of sp³-hybridized carbons (Fsp3) is 0.474. The van der Waals surface area contributed by atoms with E-state index in [-0.39, 0.29) is 55.6 Å². The molecule has 28 heavy (non-hydrogen) atoms. The lowest BCUT2D eigenvalue weighted by molar-refractivity contribution is -0.136. The second-order valence-corrected chi connectivity index (χ2v) is 7.67. The Bertz CT molecular complexity index is 905. The molecule has 0 radical (unpaired) electrons. The maximum Gasteiger partial charge on any atom is 0.264 e. The number of benzene rings is 1. The summed E-state index contributed by atoms with van der Waals surface area (Å²) in [5, 5.41) is 2.12. The van der Waals surface area contributed by atoms with Gasteiger partial charge in [-0.25, -0.2) is 8.78 Å². The first kappa shape index (κ1) is 18.5. The molecule has 9 heteroatoms. The second kappa shape index (κ2) is 6.35. The van der Waals surface area contributed by atoms with Crippen molar-refractivity contribution in [3.63, 3.8) is 0 Å². The van der Waals surface area contributed by atoms with E-state index in [2.05, 4.69) is 5.32 Å². The lowest BCUT2D eigenvalue weighted by Gasteiger charge is -2.36. The van der Waals surface area contributed by atoms with Gasteiger partial charge in [-0.3, -0.25) is 29.4 Å². The highest BCUT2D eigenvalue weighted by Crippen LogP contribution is 2.38. The number of nitrogens with one attached hydrogen (secondary N) is 1. The second-order valence-electron chi connectivity index (χ2n) is 7.67. The Morgan fingerprint density at radius 2 is 1.79 bits per heavy atom. The molecule has 1 unspecified atom stereocenters. The Hall–Kier alpha value is -2.84. The van der Waals surface area contributed by atoms with Crippen LogP contribution in [-0.2, 0) is 9.59 Å². The van der Waals surface area contributed by atoms with E-state index < -0.39 is 41.2 Å². The number of carbonyl (C=O) groups is 4. The summed E-state index contributed by atoms with van der Waals surface area (Å²) in [7, 11) is 0. The molecule has 2 fully saturated rings. The Morgan fingerprint density at radius 3 is 2.43 bits per heavy atom. The zero-order valence-corrected chi connectivity index (χ0v) is 15.3. The van der Waals surface area contributed by atoms with Crippen LogP contribution in [0.5, 0.6) is 0 Å². The molecule has 1 aromatic rings. The number of carbonyl (C=O) groups excluding carboxylic acids is 4. The fourth-order valence-corrected chi connectivity index (χ4v) is 4.02. The summed E-state index contributed by atoms with van der Waals surface area (Å²) in [5.74, 6) is -3.32. The molecule has 1 N–H and O–H groups in total. The number of halogens is 2. The molecule has 4 rings (SSSR count). The maximum atomic E-state index is 14.7. The van der Waals surface area contributed by atoms with Crippen LogP contribution >= 0.6 is 0 Å². The van der Waals surface area contributed by atoms with Crippen molar-refractivity contribution in [2.45, 2.75) is 44.3 Å². The highest BCUT2D eigenvalue weighted by atomic mass is 19.1. The Balaban J connectivity index is 1.71. The van der Waals surface area contributed by atoms with Crippen LogP contribution < -0.4 is 10.2 Å². The van der Waals surface area contributed by atoms with Gasteiger partial charge < -0.3 is 4.90 Å². The van der Waals surface area contributed by atoms with Gasteiger partial charge in [0.2, 0.25) is 11.8 Å². The number of piperidine rings is 2. The van der Waals surface area contributed by atoms with Gasteiger partial charge in [0.05, 0.1) is 16.8 Å². The predicted octanol–water partition coefficient (Wildman–Crippen LogP) is 1.56. The molecule has 4 amide bonds. The van der Waals surface area contributed by atoms with Gasteiger partial charge >= 0.3 is 0 Å². The zero-order valence-electron chi connectivity index (χ0n) is 15.3. The minimum Gasteiger partial charge on any atom is -0.368 e. The van der Waals surface area contributed by atoms with Crippen LogP contribution in [0.15, 0.2) is 12.1 Å². The summed E-state index contributed by atoms with van der Waals surface area (Å²) in [4.78, 5) is 51.8. The third-order valence-electron chi connectivity index (χ3n) is 5.65. The molecule has 0 aliphatic carbocycles. The van der Waals surface area contributed by atoms with Gasteiger partial charge in [-0.2, -0.15) is 0 Å². The van der Waals surface area contributed by atoms with Gasteiger partial charge in [-0.15, -0.1) is 0 Å². The Morgan fingerprint density at radius 1 is 1.11 bits per heavy atom. The van der Waals surface area contributed by atoms with Crippen molar-refractivity contribution in [1.29, 1.82) is 0 Å². The summed E-state index contributed by atoms with van der Waals surface area (Å²) in [5.41, 5.74) is -1.47. The minimum atomic E-state index is -1.36. The topological polar surface area (TPSA) is 86.8 Å². The van der Waals surface area contributed by atoms with Crippen molar-refractivity contribution in [1.82, 2.24) is 10.2 Å². The molecule has 7 nitrogen and oxygen atoms in total. The van der Waals surface area contributed by atoms with Crippen LogP contribution in [0, 0.1) is 5.82 Å². The molecule has 3 heterocycles. The quantitative estimate of drug-likeness (QED) is 0.773. The van der Waals surface area contributed by atoms with Crippen LogP contribution in [0.4, 0.5) is 14.5 Å². The van der Waals surface area contributed by atoms with E-state index in [9.17, 15) is 28.0 Å². The van der Waals surface area contributed by atoms with E-state index in [1.54, 1.807) is 4.90 Å². The van der Waals surface area contributed by atoms with Gasteiger partial charge in [0, 0.05) is 19.5 Å². The molecule has 1 atom stereocenters. The molecular formula is C19H19F2N3O4. The van der Waals surface area contributed by atoms with Crippen molar-refractivity contribution >= 4 is 29.3 Å². The van der Waals surface area contributed by atoms with Crippen molar-refractivity contribution in [3.8, 4) is 0 Å². The van der Waals surface area contributed by atoms with Crippen LogP contribution in [0.1, 0.15) is 53.3 Å². The average Bonchev–Trinajstić information content (AvgIpc) is 2.87. The van der Waals surface area contributed by atoms with Crippen LogP contribution in [0.2, 0.25) is 0 Å². The lowest BCUT2D eigenvalue weighted by Crippen LogP contribution is -2.54. The van der Waals surface area contributed by atoms with E-state index >= 15 is 0 Å². The largest absolute Gasteiger partial charge is 0.368 e. The number of hydrogen-bond donors (Lipinski definition) is 1. The molecule has 0 aromatic heterocycles. The first-order chi connectivity index (χ1) is 13.2. The first-order valence-corrected chi connectivity index (χ1v) is 9.17. The number of fused-ring (bicyclic) bond motifs is 1. The minimum absolute atomic E-state index is 0.00619. The van der Waals surface area contributed by atoms with Crippen LogP contribution in [0.3, 0.4) is 0 Å². The summed E-state index contributed by atoms with van der Waals surface area (Å²) in [6.07, 6.45) is 0.383. The highest BCUT2D eigenvalue weighted by molar-refractivity contribution is 6.25. The summed E-state index contributed by atoms with van der Waals surface area (Å²) >= 11 is 0. The molecule has 1 aromatic carbocycles. The lowest BCUT2D eigenvalue weighted by atomic mass is 9.94. The van der Waals surface area contributed by atoms with E-state index in [4.69, 9.17) is 0 Å². The number of anilines is 1. The number of nitrogens with zero attached hydrogens (tertiary/aromatic N) is 2. The monoisotopic (exact) mass is 391 g/mol. The number of imide groups is 2. The third-order valence-corrected chi connectivity index (χ3v) is 5.65. The number of rotatable bonds is 2. The summed E-state index contributed by atoms with van der Waals surface area (Å²) in [6.45, 7) is 1.90. The molecular weight excluding hydrogens is 372 g/mol. The third kappa shape index (κ3) is 2.85. The molecule has 0 spiro atoms. The molecule has 148 valence electrons. The number of amides is 4. The SMILES string of the molecule is CC1(F)CCN(c2c(F)ccc3c2C(=O)N(C2CCC(=O)NC2=O)C3=O)CC1. The standard InChI is InChI=1S/C19H19F2N3O4/c1-19(21)6-8-23(9-7-19)15-11(20)3-2-10-14(15)18(28)24(17(10)27)12-4-5-13(25)22-16(12)26/h2-3,12H,4-9H2,1H3,(H,22,25,26). The average molecular weight is 391 g/mol. The summed E-state index contributed by atoms with van der Waals surface area (Å²) < 4.78 is 28.8. The van der Waals surface area contributed by atoms with Crippen molar-refractivity contribution in [2.75, 3.05) is 18.0 Å². The van der Waals surface area contributed by atoms with E-state index in [0.717, 1.165) is 11.0 Å². The fourth-order valence-electron chi connectivity index (χ4n) is 4.02. The van der Waals surface area contributed by atoms with Gasteiger partial charge in [-0.05, 0) is 38.3 Å². The van der Waals surface area contributed by atoms with Gasteiger partial charge in [0.1, 0.15) is 17.5 Å². The van der Waals surface area contributed by atoms with E-state index in [1.165, 1.54) is 13.0 Å². The van der Waals surface area contributed by atoms with Crippen molar-refractivity contribution in [2.24, 2.45) is 0 Å². The highest BCUT2D eigenvalue weighted by Gasteiger charge is 2.47. The van der Waals surface area contributed by atoms with Crippen molar-refractivity contribution < 1.29 is 28.0 Å². The number of alkyl halides is 1.